The minimum absolute atomic E-state index is 0.197. The summed E-state index contributed by atoms with van der Waals surface area (Å²) in [5, 5.41) is 12.1. The normalized spacial score (nSPS) is 32.0. The van der Waals surface area contributed by atoms with Crippen molar-refractivity contribution in [1.82, 2.24) is 4.31 Å². The van der Waals surface area contributed by atoms with E-state index in [2.05, 4.69) is 0 Å². The molecule has 1 saturated carbocycles. The van der Waals surface area contributed by atoms with Crippen molar-refractivity contribution in [2.45, 2.75) is 49.3 Å². The summed E-state index contributed by atoms with van der Waals surface area (Å²) in [7, 11) is -3.39. The third-order valence-electron chi connectivity index (χ3n) is 4.73. The van der Waals surface area contributed by atoms with Gasteiger partial charge in [-0.3, -0.25) is 0 Å². The molecule has 112 valence electrons. The lowest BCUT2D eigenvalue weighted by Gasteiger charge is -2.41. The van der Waals surface area contributed by atoms with Gasteiger partial charge in [0.05, 0.1) is 6.10 Å². The second kappa shape index (κ2) is 5.09. The van der Waals surface area contributed by atoms with E-state index >= 15 is 0 Å². The highest BCUT2D eigenvalue weighted by Gasteiger charge is 2.47. The highest BCUT2D eigenvalue weighted by Crippen LogP contribution is 2.46. The summed E-state index contributed by atoms with van der Waals surface area (Å²) >= 11 is 1.29. The molecule has 2 aliphatic rings. The summed E-state index contributed by atoms with van der Waals surface area (Å²) in [6, 6.07) is 1.74. The Labute approximate surface area is 124 Å². The van der Waals surface area contributed by atoms with Gasteiger partial charge in [0.15, 0.2) is 0 Å². The predicted molar refractivity (Wildman–Crippen MR) is 79.3 cm³/mol. The summed E-state index contributed by atoms with van der Waals surface area (Å²) in [6.45, 7) is 2.97. The Bertz CT molecular complexity index is 595. The van der Waals surface area contributed by atoms with Crippen LogP contribution in [0.25, 0.3) is 0 Å². The molecule has 4 nitrogen and oxygen atoms in total. The molecule has 6 heteroatoms. The van der Waals surface area contributed by atoms with Crippen LogP contribution in [0.1, 0.15) is 37.7 Å². The van der Waals surface area contributed by atoms with Gasteiger partial charge in [0, 0.05) is 18.5 Å². The summed E-state index contributed by atoms with van der Waals surface area (Å²) in [4.78, 5) is 0. The number of sulfonamides is 1. The number of aryl methyl sites for hydroxylation is 1. The van der Waals surface area contributed by atoms with Crippen molar-refractivity contribution in [2.75, 3.05) is 13.1 Å². The van der Waals surface area contributed by atoms with Crippen molar-refractivity contribution in [1.29, 1.82) is 0 Å². The molecule has 1 aliphatic heterocycles. The second-order valence-corrected chi connectivity index (χ2v) is 9.23. The molecule has 3 rings (SSSR count). The number of rotatable bonds is 2. The Morgan fingerprint density at radius 3 is 2.75 bits per heavy atom. The van der Waals surface area contributed by atoms with Crippen molar-refractivity contribution in [2.24, 2.45) is 5.41 Å². The molecule has 1 N–H and O–H groups in total. The molecule has 20 heavy (non-hydrogen) atoms. The molecule has 0 aromatic carbocycles. The van der Waals surface area contributed by atoms with E-state index in [4.69, 9.17) is 0 Å². The Morgan fingerprint density at radius 2 is 2.15 bits per heavy atom. The predicted octanol–water partition coefficient (Wildman–Crippen LogP) is 2.37. The lowest BCUT2D eigenvalue weighted by atomic mass is 9.77. The largest absolute Gasteiger partial charge is 0.392 e. The Kier molecular flexibility index (Phi) is 3.69. The van der Waals surface area contributed by atoms with Crippen LogP contribution < -0.4 is 0 Å². The van der Waals surface area contributed by atoms with Gasteiger partial charge in [0.2, 0.25) is 0 Å². The van der Waals surface area contributed by atoms with Gasteiger partial charge in [-0.05, 0) is 49.6 Å². The van der Waals surface area contributed by atoms with Crippen molar-refractivity contribution < 1.29 is 13.5 Å². The van der Waals surface area contributed by atoms with Crippen LogP contribution in [0, 0.1) is 12.3 Å². The lowest BCUT2D eigenvalue weighted by Crippen LogP contribution is -2.49. The zero-order chi connectivity index (χ0) is 14.4. The van der Waals surface area contributed by atoms with E-state index in [1.54, 1.807) is 10.4 Å². The van der Waals surface area contributed by atoms with Gasteiger partial charge in [-0.2, -0.15) is 4.31 Å². The molecule has 0 radical (unpaired) electrons. The highest BCUT2D eigenvalue weighted by molar-refractivity contribution is 7.91. The SMILES string of the molecule is Cc1csc(S(=O)(=O)N2CCC[C@@]3(CCC[C@H]3O)C2)c1. The van der Waals surface area contributed by atoms with Gasteiger partial charge >= 0.3 is 0 Å². The van der Waals surface area contributed by atoms with E-state index in [1.165, 1.54) is 11.3 Å². The van der Waals surface area contributed by atoms with Crippen LogP contribution in [-0.2, 0) is 10.0 Å². The highest BCUT2D eigenvalue weighted by atomic mass is 32.2. The van der Waals surface area contributed by atoms with E-state index in [-0.39, 0.29) is 11.5 Å². The summed E-state index contributed by atoms with van der Waals surface area (Å²) in [5.74, 6) is 0. The topological polar surface area (TPSA) is 57.6 Å². The number of hydrogen-bond donors (Lipinski definition) is 1. The smallest absolute Gasteiger partial charge is 0.252 e. The minimum atomic E-state index is -3.39. The van der Waals surface area contributed by atoms with E-state index in [0.717, 1.165) is 37.7 Å². The van der Waals surface area contributed by atoms with E-state index in [0.29, 0.717) is 17.3 Å². The van der Waals surface area contributed by atoms with Crippen LogP contribution in [0.4, 0.5) is 0 Å². The van der Waals surface area contributed by atoms with Crippen LogP contribution in [-0.4, -0.2) is 37.0 Å². The molecule has 1 aromatic rings. The van der Waals surface area contributed by atoms with Crippen LogP contribution in [0.2, 0.25) is 0 Å². The van der Waals surface area contributed by atoms with Gasteiger partial charge in [-0.1, -0.05) is 6.42 Å². The molecule has 0 bridgehead atoms. The third-order valence-corrected chi connectivity index (χ3v) is 8.11. The molecule has 0 amide bonds. The lowest BCUT2D eigenvalue weighted by molar-refractivity contribution is 0.0127. The van der Waals surface area contributed by atoms with Crippen molar-refractivity contribution in [3.05, 3.63) is 17.0 Å². The molecule has 2 fully saturated rings. The number of aliphatic hydroxyl groups is 1. The minimum Gasteiger partial charge on any atom is -0.392 e. The molecule has 0 unspecified atom stereocenters. The quantitative estimate of drug-likeness (QED) is 0.911. The molecule has 1 spiro atoms. The van der Waals surface area contributed by atoms with Crippen LogP contribution >= 0.6 is 11.3 Å². The van der Waals surface area contributed by atoms with E-state index in [9.17, 15) is 13.5 Å². The van der Waals surface area contributed by atoms with E-state index < -0.39 is 10.0 Å². The maximum Gasteiger partial charge on any atom is 0.252 e. The Morgan fingerprint density at radius 1 is 1.40 bits per heavy atom. The molecule has 2 heterocycles. The average Bonchev–Trinajstić information content (AvgIpc) is 2.99. The van der Waals surface area contributed by atoms with Crippen LogP contribution in [0.15, 0.2) is 15.7 Å². The fourth-order valence-corrected chi connectivity index (χ4v) is 6.54. The first-order valence-corrected chi connectivity index (χ1v) is 9.49. The third kappa shape index (κ3) is 2.32. The van der Waals surface area contributed by atoms with Gasteiger partial charge in [-0.25, -0.2) is 8.42 Å². The zero-order valence-corrected chi connectivity index (χ0v) is 13.3. The molecular weight excluding hydrogens is 294 g/mol. The first-order valence-electron chi connectivity index (χ1n) is 7.17. The Hall–Kier alpha value is -0.430. The summed E-state index contributed by atoms with van der Waals surface area (Å²) < 4.78 is 27.4. The molecule has 2 atom stereocenters. The van der Waals surface area contributed by atoms with Gasteiger partial charge in [-0.15, -0.1) is 11.3 Å². The fraction of sp³-hybridized carbons (Fsp3) is 0.714. The van der Waals surface area contributed by atoms with Crippen molar-refractivity contribution in [3.8, 4) is 0 Å². The number of piperidine rings is 1. The first-order chi connectivity index (χ1) is 9.44. The number of aliphatic hydroxyl groups excluding tert-OH is 1. The van der Waals surface area contributed by atoms with Crippen molar-refractivity contribution in [3.63, 3.8) is 0 Å². The van der Waals surface area contributed by atoms with Gasteiger partial charge < -0.3 is 5.11 Å². The number of thiophene rings is 1. The second-order valence-electron chi connectivity index (χ2n) is 6.16. The van der Waals surface area contributed by atoms with E-state index in [1.807, 2.05) is 12.3 Å². The fourth-order valence-electron chi connectivity index (χ4n) is 3.59. The van der Waals surface area contributed by atoms with Crippen molar-refractivity contribution >= 4 is 21.4 Å². The first kappa shape index (κ1) is 14.5. The molecule has 1 aliphatic carbocycles. The molecule has 1 aromatic heterocycles. The monoisotopic (exact) mass is 315 g/mol. The van der Waals surface area contributed by atoms with Crippen LogP contribution in [0.5, 0.6) is 0 Å². The molecule has 1 saturated heterocycles. The zero-order valence-electron chi connectivity index (χ0n) is 11.7. The van der Waals surface area contributed by atoms with Gasteiger partial charge in [0.25, 0.3) is 10.0 Å². The number of hydrogen-bond acceptors (Lipinski definition) is 4. The maximum absolute atomic E-state index is 12.7. The number of nitrogens with zero attached hydrogens (tertiary/aromatic N) is 1. The molecular formula is C14H21NO3S2. The summed E-state index contributed by atoms with van der Waals surface area (Å²) in [6.07, 6.45) is 4.22. The van der Waals surface area contributed by atoms with Crippen LogP contribution in [0.3, 0.4) is 0 Å². The standard InChI is InChI=1S/C14H21NO3S2/c1-11-8-13(19-9-11)20(17,18)15-7-3-6-14(10-15)5-2-4-12(14)16/h8-9,12,16H,2-7,10H2,1H3/t12-,14+/m1/s1. The summed E-state index contributed by atoms with van der Waals surface area (Å²) in [5.41, 5.74) is 0.790. The Balaban J connectivity index is 1.87. The average molecular weight is 315 g/mol. The van der Waals surface area contributed by atoms with Gasteiger partial charge in [0.1, 0.15) is 4.21 Å². The maximum atomic E-state index is 12.7.